The second-order valence-electron chi connectivity index (χ2n) is 11.9. The number of halogens is 2. The lowest BCUT2D eigenvalue weighted by atomic mass is 9.79. The van der Waals surface area contributed by atoms with Gasteiger partial charge in [-0.25, -0.2) is 8.78 Å². The number of hydrogen-bond acceptors (Lipinski definition) is 8. The summed E-state index contributed by atoms with van der Waals surface area (Å²) in [6.07, 6.45) is -0.477. The molecule has 2 heterocycles. The maximum Gasteiger partial charge on any atom is 0.293 e. The Hall–Kier alpha value is -3.57. The van der Waals surface area contributed by atoms with Gasteiger partial charge in [0, 0.05) is 24.8 Å². The number of fused-ring (bicyclic) bond motifs is 2. The molecule has 0 amide bonds. The van der Waals surface area contributed by atoms with Gasteiger partial charge in [-0.2, -0.15) is 0 Å². The van der Waals surface area contributed by atoms with E-state index < -0.39 is 36.8 Å². The van der Waals surface area contributed by atoms with E-state index in [9.17, 15) is 4.79 Å². The Morgan fingerprint density at radius 3 is 2.36 bits per heavy atom. The topological polar surface area (TPSA) is 84.5 Å². The first kappa shape index (κ1) is 31.4. The van der Waals surface area contributed by atoms with E-state index in [0.29, 0.717) is 50.4 Å². The lowest BCUT2D eigenvalue weighted by Crippen LogP contribution is -2.52. The van der Waals surface area contributed by atoms with E-state index in [-0.39, 0.29) is 32.3 Å². The van der Waals surface area contributed by atoms with Gasteiger partial charge in [-0.1, -0.05) is 60.7 Å². The highest BCUT2D eigenvalue weighted by Crippen LogP contribution is 2.43. The summed E-state index contributed by atoms with van der Waals surface area (Å²) in [6, 6.07) is 22.7. The van der Waals surface area contributed by atoms with Crippen LogP contribution in [0.4, 0.5) is 8.78 Å². The zero-order chi connectivity index (χ0) is 31.1. The molecular formula is C35H39F2NO7. The Morgan fingerprint density at radius 1 is 0.911 bits per heavy atom. The van der Waals surface area contributed by atoms with Gasteiger partial charge in [0.15, 0.2) is 11.5 Å². The van der Waals surface area contributed by atoms with E-state index >= 15 is 8.78 Å². The van der Waals surface area contributed by atoms with Gasteiger partial charge in [0.1, 0.15) is 6.10 Å². The number of carbonyl (C=O) groups excluding carboxylic acids is 1. The number of nitrogens with one attached hydrogen (secondary N) is 1. The molecule has 45 heavy (non-hydrogen) atoms. The summed E-state index contributed by atoms with van der Waals surface area (Å²) in [7, 11) is 0. The van der Waals surface area contributed by atoms with Crippen molar-refractivity contribution in [2.75, 3.05) is 26.6 Å². The first-order valence-electron chi connectivity index (χ1n) is 15.5. The number of alkyl halides is 2. The molecule has 6 rings (SSSR count). The fourth-order valence-corrected chi connectivity index (χ4v) is 6.40. The van der Waals surface area contributed by atoms with Gasteiger partial charge in [-0.3, -0.25) is 4.79 Å². The molecule has 0 saturated carbocycles. The molecule has 1 fully saturated rings. The molecule has 1 saturated heterocycles. The second-order valence-corrected chi connectivity index (χ2v) is 11.9. The van der Waals surface area contributed by atoms with Crippen molar-refractivity contribution < 1.29 is 42.0 Å². The average molecular weight is 624 g/mol. The molecule has 0 radical (unpaired) electrons. The molecule has 8 nitrogen and oxygen atoms in total. The Morgan fingerprint density at radius 2 is 1.62 bits per heavy atom. The van der Waals surface area contributed by atoms with Crippen molar-refractivity contribution in [3.63, 3.8) is 0 Å². The van der Waals surface area contributed by atoms with Crippen LogP contribution < -0.4 is 14.8 Å². The van der Waals surface area contributed by atoms with E-state index in [1.54, 1.807) is 0 Å². The highest BCUT2D eigenvalue weighted by molar-refractivity contribution is 5.51. The van der Waals surface area contributed by atoms with Crippen LogP contribution in [0.25, 0.3) is 0 Å². The van der Waals surface area contributed by atoms with Gasteiger partial charge in [0.2, 0.25) is 6.79 Å². The normalized spacial score (nSPS) is 24.2. The first-order valence-corrected chi connectivity index (χ1v) is 15.5. The molecule has 5 atom stereocenters. The van der Waals surface area contributed by atoms with Crippen LogP contribution in [0.5, 0.6) is 11.5 Å². The number of carbonyl (C=O) groups is 1. The Labute approximate surface area is 261 Å². The minimum absolute atomic E-state index is 0.0499. The van der Waals surface area contributed by atoms with Gasteiger partial charge in [0.05, 0.1) is 45.2 Å². The van der Waals surface area contributed by atoms with Crippen molar-refractivity contribution >= 4 is 6.47 Å². The van der Waals surface area contributed by atoms with Crippen molar-refractivity contribution in [3.8, 4) is 11.5 Å². The van der Waals surface area contributed by atoms with Gasteiger partial charge in [-0.15, -0.1) is 0 Å². The second kappa shape index (κ2) is 14.7. The van der Waals surface area contributed by atoms with Crippen LogP contribution in [0.3, 0.4) is 0 Å². The number of ether oxygens (including phenoxy) is 6. The quantitative estimate of drug-likeness (QED) is 0.227. The molecular weight excluding hydrogens is 584 g/mol. The van der Waals surface area contributed by atoms with Gasteiger partial charge in [0.25, 0.3) is 12.4 Å². The summed E-state index contributed by atoms with van der Waals surface area (Å²) in [5.74, 6) is -2.18. The molecule has 240 valence electrons. The maximum absolute atomic E-state index is 16.1. The lowest BCUT2D eigenvalue weighted by Gasteiger charge is -2.40. The predicted molar refractivity (Wildman–Crippen MR) is 161 cm³/mol. The molecule has 3 aliphatic rings. The number of rotatable bonds is 14. The van der Waals surface area contributed by atoms with Crippen LogP contribution in [0.1, 0.15) is 47.6 Å². The van der Waals surface area contributed by atoms with Crippen LogP contribution >= 0.6 is 0 Å². The molecule has 10 heteroatoms. The summed E-state index contributed by atoms with van der Waals surface area (Å²) >= 11 is 0. The van der Waals surface area contributed by atoms with Gasteiger partial charge in [-0.05, 0) is 47.2 Å². The summed E-state index contributed by atoms with van der Waals surface area (Å²) in [4.78, 5) is 11.0. The third-order valence-corrected chi connectivity index (χ3v) is 8.74. The molecule has 5 unspecified atom stereocenters. The van der Waals surface area contributed by atoms with Crippen LogP contribution in [0.15, 0.2) is 72.8 Å². The minimum atomic E-state index is -3.23. The van der Waals surface area contributed by atoms with Crippen LogP contribution in [0.2, 0.25) is 0 Å². The fourth-order valence-electron chi connectivity index (χ4n) is 6.40. The summed E-state index contributed by atoms with van der Waals surface area (Å²) < 4.78 is 66.6. The summed E-state index contributed by atoms with van der Waals surface area (Å²) in [5, 5.41) is 3.12. The molecule has 1 aliphatic carbocycles. The zero-order valence-corrected chi connectivity index (χ0v) is 25.1. The molecule has 0 spiro atoms. The zero-order valence-electron chi connectivity index (χ0n) is 25.1. The first-order chi connectivity index (χ1) is 22.0. The molecule has 0 bridgehead atoms. The molecule has 1 N–H and O–H groups in total. The number of aryl methyl sites for hydroxylation is 1. The van der Waals surface area contributed by atoms with Crippen LogP contribution in [-0.2, 0) is 43.4 Å². The Bertz CT molecular complexity index is 1390. The van der Waals surface area contributed by atoms with Crippen molar-refractivity contribution in [1.29, 1.82) is 0 Å². The predicted octanol–water partition coefficient (Wildman–Crippen LogP) is 5.77. The van der Waals surface area contributed by atoms with Crippen molar-refractivity contribution in [2.24, 2.45) is 5.92 Å². The molecule has 0 aromatic heterocycles. The lowest BCUT2D eigenvalue weighted by molar-refractivity contribution is -0.214. The monoisotopic (exact) mass is 623 g/mol. The van der Waals surface area contributed by atoms with Gasteiger partial charge < -0.3 is 33.7 Å². The third kappa shape index (κ3) is 7.99. The largest absolute Gasteiger partial charge is 0.468 e. The standard InChI is InChI=1S/C35H39F2NO7/c36-35(37,21-38-34-27(19-41-22-39)12-11-26-13-31-32(16-30(26)34)44-23-43-31)33-15-28(42-18-25-9-5-2-6-10-25)14-29(45-33)20-40-17-24-7-3-1-4-8-24/h1-10,13,16,22,27-29,33-34,38H,11-12,14-15,17-21,23H2. The van der Waals surface area contributed by atoms with Gasteiger partial charge >= 0.3 is 0 Å². The summed E-state index contributed by atoms with van der Waals surface area (Å²) in [6.45, 7) is 0.874. The van der Waals surface area contributed by atoms with Crippen molar-refractivity contribution in [1.82, 2.24) is 5.32 Å². The smallest absolute Gasteiger partial charge is 0.293 e. The maximum atomic E-state index is 16.1. The summed E-state index contributed by atoms with van der Waals surface area (Å²) in [5.41, 5.74) is 3.83. The van der Waals surface area contributed by atoms with Crippen LogP contribution in [0, 0.1) is 5.92 Å². The van der Waals surface area contributed by atoms with E-state index in [0.717, 1.165) is 22.3 Å². The van der Waals surface area contributed by atoms with E-state index in [2.05, 4.69) is 5.32 Å². The van der Waals surface area contributed by atoms with Crippen LogP contribution in [-0.4, -0.2) is 57.3 Å². The highest BCUT2D eigenvalue weighted by Gasteiger charge is 2.47. The molecule has 3 aromatic rings. The Kier molecular flexibility index (Phi) is 10.2. The average Bonchev–Trinajstić information content (AvgIpc) is 3.53. The van der Waals surface area contributed by atoms with Crippen molar-refractivity contribution in [2.45, 2.75) is 69.2 Å². The molecule has 2 aliphatic heterocycles. The third-order valence-electron chi connectivity index (χ3n) is 8.74. The van der Waals surface area contributed by atoms with E-state index in [4.69, 9.17) is 28.4 Å². The fraction of sp³-hybridized carbons (Fsp3) is 0.457. The molecule has 3 aromatic carbocycles. The SMILES string of the molecule is O=COCC1CCc2cc3c(cc2C1NCC(F)(F)C1CC(OCc2ccccc2)CC(COCc2ccccc2)O1)OCO3. The highest BCUT2D eigenvalue weighted by atomic mass is 19.3. The Balaban J connectivity index is 1.15. The van der Waals surface area contributed by atoms with E-state index in [1.165, 1.54) is 0 Å². The van der Waals surface area contributed by atoms with Crippen molar-refractivity contribution in [3.05, 3.63) is 95.1 Å². The number of hydrogen-bond donors (Lipinski definition) is 1. The van der Waals surface area contributed by atoms with E-state index in [1.807, 2.05) is 72.8 Å². The number of benzene rings is 3. The minimum Gasteiger partial charge on any atom is -0.468 e.